The second-order valence-electron chi connectivity index (χ2n) is 6.18. The van der Waals surface area contributed by atoms with Crippen LogP contribution in [0, 0.1) is 17.1 Å². The molecule has 0 fully saturated rings. The van der Waals surface area contributed by atoms with Crippen molar-refractivity contribution in [1.29, 1.82) is 5.26 Å². The average Bonchev–Trinajstić information content (AvgIpc) is 3.25. The Morgan fingerprint density at radius 3 is 2.38 bits per heavy atom. The van der Waals surface area contributed by atoms with Gasteiger partial charge in [0.05, 0.1) is 11.4 Å². The summed E-state index contributed by atoms with van der Waals surface area (Å²) in [6, 6.07) is 26.2. The Morgan fingerprint density at radius 2 is 1.66 bits per heavy atom. The molecule has 0 aliphatic heterocycles. The van der Waals surface area contributed by atoms with Gasteiger partial charge < -0.3 is 0 Å². The lowest BCUT2D eigenvalue weighted by molar-refractivity contribution is 0.628. The molecule has 0 aliphatic rings. The second kappa shape index (κ2) is 8.46. The molecule has 0 radical (unpaired) electrons. The van der Waals surface area contributed by atoms with Crippen molar-refractivity contribution in [1.82, 2.24) is 4.98 Å². The number of hydrogen-bond donors (Lipinski definition) is 1. The second-order valence-corrected chi connectivity index (χ2v) is 7.03. The van der Waals surface area contributed by atoms with E-state index in [4.69, 9.17) is 0 Å². The van der Waals surface area contributed by atoms with Crippen molar-refractivity contribution < 1.29 is 4.39 Å². The highest BCUT2D eigenvalue weighted by molar-refractivity contribution is 7.12. The number of rotatable bonds is 5. The quantitative estimate of drug-likeness (QED) is 0.333. The van der Waals surface area contributed by atoms with Crippen LogP contribution >= 0.6 is 11.3 Å². The summed E-state index contributed by atoms with van der Waals surface area (Å²) in [6.45, 7) is 0. The largest absolute Gasteiger partial charge is 0.277 e. The van der Waals surface area contributed by atoms with E-state index >= 15 is 0 Å². The van der Waals surface area contributed by atoms with E-state index in [9.17, 15) is 9.65 Å². The highest BCUT2D eigenvalue weighted by atomic mass is 32.1. The third-order valence-corrected chi connectivity index (χ3v) is 5.07. The molecule has 140 valence electrons. The summed E-state index contributed by atoms with van der Waals surface area (Å²) in [5.41, 5.74) is 7.33. The van der Waals surface area contributed by atoms with Crippen molar-refractivity contribution in [3.8, 4) is 28.5 Å². The predicted molar refractivity (Wildman–Crippen MR) is 115 cm³/mol. The summed E-state index contributed by atoms with van der Waals surface area (Å²) < 4.78 is 13.3. The fraction of sp³-hybridized carbons (Fsp3) is 0. The lowest BCUT2D eigenvalue weighted by Gasteiger charge is -2.03. The highest BCUT2D eigenvalue weighted by Gasteiger charge is 2.11. The summed E-state index contributed by atoms with van der Waals surface area (Å²) in [5, 5.41) is 15.9. The summed E-state index contributed by atoms with van der Waals surface area (Å²) in [7, 11) is 0. The zero-order valence-corrected chi connectivity index (χ0v) is 16.0. The molecule has 0 unspecified atom stereocenters. The summed E-state index contributed by atoms with van der Waals surface area (Å²) in [6.07, 6.45) is 0. The first-order valence-electron chi connectivity index (χ1n) is 8.84. The molecule has 1 heterocycles. The van der Waals surface area contributed by atoms with Gasteiger partial charge in [0, 0.05) is 10.9 Å². The van der Waals surface area contributed by atoms with E-state index in [2.05, 4.69) is 39.8 Å². The molecule has 0 bridgehead atoms. The molecule has 29 heavy (non-hydrogen) atoms. The zero-order valence-electron chi connectivity index (χ0n) is 15.2. The normalized spacial score (nSPS) is 11.1. The summed E-state index contributed by atoms with van der Waals surface area (Å²) >= 11 is 1.34. The molecule has 4 nitrogen and oxygen atoms in total. The number of nitrogens with zero attached hydrogens (tertiary/aromatic N) is 3. The van der Waals surface area contributed by atoms with Gasteiger partial charge in [-0.3, -0.25) is 5.43 Å². The number of benzene rings is 3. The van der Waals surface area contributed by atoms with Crippen LogP contribution in [0.2, 0.25) is 0 Å². The fourth-order valence-electron chi connectivity index (χ4n) is 2.78. The van der Waals surface area contributed by atoms with Gasteiger partial charge in [-0.2, -0.15) is 10.4 Å². The topological polar surface area (TPSA) is 61.1 Å². The molecule has 1 N–H and O–H groups in total. The van der Waals surface area contributed by atoms with Crippen molar-refractivity contribution >= 4 is 22.7 Å². The molecule has 4 aromatic rings. The molecule has 6 heteroatoms. The number of aromatic nitrogens is 1. The lowest BCUT2D eigenvalue weighted by atomic mass is 10.0. The molecule has 3 aromatic carbocycles. The van der Waals surface area contributed by atoms with E-state index in [1.54, 1.807) is 12.1 Å². The van der Waals surface area contributed by atoms with E-state index in [1.807, 2.05) is 41.8 Å². The maximum atomic E-state index is 13.3. The number of hydrogen-bond acceptors (Lipinski definition) is 5. The van der Waals surface area contributed by atoms with Crippen LogP contribution < -0.4 is 5.43 Å². The minimum absolute atomic E-state index is 0.145. The van der Waals surface area contributed by atoms with Crippen molar-refractivity contribution in [3.63, 3.8) is 0 Å². The molecular weight excluding hydrogens is 383 g/mol. The van der Waals surface area contributed by atoms with Crippen molar-refractivity contribution in [3.05, 3.63) is 95.1 Å². The van der Waals surface area contributed by atoms with Gasteiger partial charge in [0.15, 0.2) is 10.7 Å². The zero-order chi connectivity index (χ0) is 20.1. The van der Waals surface area contributed by atoms with Gasteiger partial charge in [0.1, 0.15) is 11.9 Å². The SMILES string of the molecule is N#C/C(=N/Nc1cccc(F)c1)c1nc(-c2ccc(-c3ccccc3)cc2)cs1. The molecular formula is C23H15FN4S. The number of hydrazone groups is 1. The molecule has 0 aliphatic carbocycles. The Hall–Kier alpha value is -3.82. The first-order chi connectivity index (χ1) is 14.2. The smallest absolute Gasteiger partial charge is 0.196 e. The van der Waals surface area contributed by atoms with Crippen LogP contribution in [0.4, 0.5) is 10.1 Å². The van der Waals surface area contributed by atoms with Gasteiger partial charge in [0.25, 0.3) is 0 Å². The molecule has 1 aromatic heterocycles. The number of nitrogens with one attached hydrogen (secondary N) is 1. The molecule has 0 amide bonds. The fourth-order valence-corrected chi connectivity index (χ4v) is 3.54. The van der Waals surface area contributed by atoms with Gasteiger partial charge in [-0.25, -0.2) is 9.37 Å². The Labute approximate surface area is 171 Å². The van der Waals surface area contributed by atoms with Crippen molar-refractivity contribution in [2.45, 2.75) is 0 Å². The summed E-state index contributed by atoms with van der Waals surface area (Å²) in [5.74, 6) is -0.376. The monoisotopic (exact) mass is 398 g/mol. The van der Waals surface area contributed by atoms with Gasteiger partial charge in [-0.15, -0.1) is 11.3 Å². The maximum absolute atomic E-state index is 13.3. The van der Waals surface area contributed by atoms with Gasteiger partial charge in [-0.1, -0.05) is 60.7 Å². The van der Waals surface area contributed by atoms with E-state index in [0.717, 1.165) is 22.4 Å². The molecule has 0 saturated heterocycles. The molecule has 0 atom stereocenters. The Bertz CT molecular complexity index is 1190. The molecule has 0 spiro atoms. The first-order valence-corrected chi connectivity index (χ1v) is 9.72. The third kappa shape index (κ3) is 4.37. The number of nitriles is 1. The van der Waals surface area contributed by atoms with Gasteiger partial charge in [-0.05, 0) is 29.3 Å². The minimum Gasteiger partial charge on any atom is -0.277 e. The minimum atomic E-state index is -0.376. The molecule has 0 saturated carbocycles. The van der Waals surface area contributed by atoms with Crippen LogP contribution in [-0.2, 0) is 0 Å². The number of anilines is 1. The van der Waals surface area contributed by atoms with E-state index in [1.165, 1.54) is 23.5 Å². The van der Waals surface area contributed by atoms with Crippen LogP contribution in [0.1, 0.15) is 5.01 Å². The summed E-state index contributed by atoms with van der Waals surface area (Å²) in [4.78, 5) is 4.54. The average molecular weight is 398 g/mol. The van der Waals surface area contributed by atoms with E-state index < -0.39 is 0 Å². The molecule has 4 rings (SSSR count). The van der Waals surface area contributed by atoms with Gasteiger partial charge >= 0.3 is 0 Å². The van der Waals surface area contributed by atoms with E-state index in [0.29, 0.717) is 10.7 Å². The van der Waals surface area contributed by atoms with Crippen LogP contribution in [-0.4, -0.2) is 10.7 Å². The Kier molecular flexibility index (Phi) is 5.41. The standard InChI is InChI=1S/C23H15FN4S/c24-19-7-4-8-20(13-19)27-28-21(14-25)23-26-22(15-29-23)18-11-9-17(10-12-18)16-5-2-1-3-6-16/h1-13,15,27H/b28-21-. The van der Waals surface area contributed by atoms with Crippen molar-refractivity contribution in [2.75, 3.05) is 5.43 Å². The van der Waals surface area contributed by atoms with Crippen LogP contribution in [0.15, 0.2) is 89.3 Å². The lowest BCUT2D eigenvalue weighted by Crippen LogP contribution is -2.01. The maximum Gasteiger partial charge on any atom is 0.196 e. The highest BCUT2D eigenvalue weighted by Crippen LogP contribution is 2.26. The first kappa shape index (κ1) is 18.5. The Morgan fingerprint density at radius 1 is 0.931 bits per heavy atom. The number of thiazole rings is 1. The van der Waals surface area contributed by atoms with Gasteiger partial charge in [0.2, 0.25) is 0 Å². The van der Waals surface area contributed by atoms with Crippen LogP contribution in [0.3, 0.4) is 0 Å². The Balaban J connectivity index is 1.54. The van der Waals surface area contributed by atoms with E-state index in [-0.39, 0.29) is 11.5 Å². The van der Waals surface area contributed by atoms with Crippen LogP contribution in [0.5, 0.6) is 0 Å². The van der Waals surface area contributed by atoms with Crippen molar-refractivity contribution in [2.24, 2.45) is 5.10 Å². The predicted octanol–water partition coefficient (Wildman–Crippen LogP) is 5.96. The third-order valence-electron chi connectivity index (χ3n) is 4.22. The van der Waals surface area contributed by atoms with Crippen LogP contribution in [0.25, 0.3) is 22.4 Å². The number of halogens is 1.